The summed E-state index contributed by atoms with van der Waals surface area (Å²) in [5, 5.41) is 15.1. The van der Waals surface area contributed by atoms with Gasteiger partial charge < -0.3 is 10.2 Å². The van der Waals surface area contributed by atoms with Crippen molar-refractivity contribution < 1.29 is 9.72 Å². The predicted octanol–water partition coefficient (Wildman–Crippen LogP) is 6.51. The summed E-state index contributed by atoms with van der Waals surface area (Å²) in [6.07, 6.45) is 1.68. The number of piperidine rings is 1. The summed E-state index contributed by atoms with van der Waals surface area (Å²) >= 11 is 5.20. The molecule has 32 heavy (non-hydrogen) atoms. The van der Waals surface area contributed by atoms with Gasteiger partial charge in [0, 0.05) is 40.0 Å². The molecule has 7 nitrogen and oxygen atoms in total. The number of halogens is 1. The summed E-state index contributed by atoms with van der Waals surface area (Å²) < 4.78 is 1.04. The van der Waals surface area contributed by atoms with Crippen molar-refractivity contribution >= 4 is 44.7 Å². The van der Waals surface area contributed by atoms with Crippen LogP contribution in [0, 0.1) is 24.0 Å². The molecule has 1 N–H and O–H groups in total. The lowest BCUT2D eigenvalue weighted by Crippen LogP contribution is -2.40. The SMILES string of the molecule is Cc1sc(C2CCN(C(=O)Nc3cccc([N+](=O)[O-])c3C)CC2)nc1-c1ccc(Br)cc1. The van der Waals surface area contributed by atoms with E-state index in [1.54, 1.807) is 35.3 Å². The molecule has 0 saturated carbocycles. The summed E-state index contributed by atoms with van der Waals surface area (Å²) in [5.41, 5.74) is 3.07. The van der Waals surface area contributed by atoms with Gasteiger partial charge in [0.25, 0.3) is 5.69 Å². The number of carbonyl (C=O) groups excluding carboxylic acids is 1. The Hall–Kier alpha value is -2.78. The van der Waals surface area contributed by atoms with Crippen LogP contribution in [0.3, 0.4) is 0 Å². The molecule has 3 aromatic rings. The summed E-state index contributed by atoms with van der Waals surface area (Å²) in [4.78, 5) is 31.3. The van der Waals surface area contributed by atoms with E-state index in [1.165, 1.54) is 10.9 Å². The Morgan fingerprint density at radius 3 is 2.53 bits per heavy atom. The van der Waals surface area contributed by atoms with Gasteiger partial charge in [-0.25, -0.2) is 9.78 Å². The Kier molecular flexibility index (Phi) is 6.57. The Balaban J connectivity index is 1.40. The lowest BCUT2D eigenvalue weighted by Gasteiger charge is -2.31. The number of benzene rings is 2. The van der Waals surface area contributed by atoms with E-state index in [0.29, 0.717) is 30.3 Å². The van der Waals surface area contributed by atoms with Gasteiger partial charge in [0.05, 0.1) is 26.9 Å². The molecule has 2 amide bonds. The number of nitrogens with zero attached hydrogens (tertiary/aromatic N) is 3. The highest BCUT2D eigenvalue weighted by Crippen LogP contribution is 2.36. The van der Waals surface area contributed by atoms with Gasteiger partial charge in [0.2, 0.25) is 0 Å². The van der Waals surface area contributed by atoms with Crippen molar-refractivity contribution in [1.82, 2.24) is 9.88 Å². The van der Waals surface area contributed by atoms with Crippen molar-refractivity contribution in [2.75, 3.05) is 18.4 Å². The van der Waals surface area contributed by atoms with Crippen LogP contribution in [0.1, 0.15) is 34.2 Å². The van der Waals surface area contributed by atoms with E-state index in [1.807, 2.05) is 12.1 Å². The van der Waals surface area contributed by atoms with E-state index in [0.717, 1.165) is 33.6 Å². The van der Waals surface area contributed by atoms with E-state index in [-0.39, 0.29) is 11.7 Å². The fraction of sp³-hybridized carbons (Fsp3) is 0.304. The zero-order chi connectivity index (χ0) is 22.8. The van der Waals surface area contributed by atoms with Crippen molar-refractivity contribution in [2.24, 2.45) is 0 Å². The van der Waals surface area contributed by atoms with E-state index in [2.05, 4.69) is 40.3 Å². The molecule has 2 heterocycles. The number of urea groups is 1. The summed E-state index contributed by atoms with van der Waals surface area (Å²) in [5.74, 6) is 0.325. The first-order chi connectivity index (χ1) is 15.3. The minimum atomic E-state index is -0.435. The first-order valence-electron chi connectivity index (χ1n) is 10.4. The molecule has 1 fully saturated rings. The average Bonchev–Trinajstić information content (AvgIpc) is 3.17. The molecule has 0 unspecified atom stereocenters. The molecule has 0 aliphatic carbocycles. The topological polar surface area (TPSA) is 88.4 Å². The van der Waals surface area contributed by atoms with Crippen LogP contribution < -0.4 is 5.32 Å². The van der Waals surface area contributed by atoms with Crippen LogP contribution in [-0.2, 0) is 0 Å². The summed E-state index contributed by atoms with van der Waals surface area (Å²) in [6, 6.07) is 12.7. The number of hydrogen-bond acceptors (Lipinski definition) is 5. The third-order valence-corrected chi connectivity index (χ3v) is 7.47. The standard InChI is InChI=1S/C23H23BrN4O3S/c1-14-19(4-3-5-20(14)28(30)31)25-23(29)27-12-10-17(11-13-27)22-26-21(15(2)32-22)16-6-8-18(24)9-7-16/h3-9,17H,10-13H2,1-2H3,(H,25,29). The van der Waals surface area contributed by atoms with Crippen molar-refractivity contribution in [3.05, 3.63) is 72.5 Å². The van der Waals surface area contributed by atoms with Gasteiger partial charge >= 0.3 is 6.03 Å². The second-order valence-corrected chi connectivity index (χ2v) is 10.0. The number of likely N-dealkylation sites (tertiary alicyclic amines) is 1. The van der Waals surface area contributed by atoms with Gasteiger partial charge in [-0.3, -0.25) is 10.1 Å². The number of nitro groups is 1. The maximum Gasteiger partial charge on any atom is 0.321 e. The molecule has 1 aromatic heterocycles. The normalized spacial score (nSPS) is 14.4. The Morgan fingerprint density at radius 1 is 1.19 bits per heavy atom. The lowest BCUT2D eigenvalue weighted by molar-refractivity contribution is -0.385. The summed E-state index contributed by atoms with van der Waals surface area (Å²) in [6.45, 7) is 4.99. The number of aryl methyl sites for hydroxylation is 1. The maximum atomic E-state index is 12.7. The monoisotopic (exact) mass is 514 g/mol. The molecule has 4 rings (SSSR count). The molecular formula is C23H23BrN4O3S. The molecule has 166 valence electrons. The fourth-order valence-electron chi connectivity index (χ4n) is 3.95. The van der Waals surface area contributed by atoms with Crippen molar-refractivity contribution in [2.45, 2.75) is 32.6 Å². The number of hydrogen-bond donors (Lipinski definition) is 1. The van der Waals surface area contributed by atoms with Crippen LogP contribution in [-0.4, -0.2) is 33.9 Å². The van der Waals surface area contributed by atoms with Crippen LogP contribution in [0.2, 0.25) is 0 Å². The number of nitrogens with one attached hydrogen (secondary N) is 1. The fourth-order valence-corrected chi connectivity index (χ4v) is 5.33. The molecule has 9 heteroatoms. The number of nitro benzene ring substituents is 1. The first kappa shape index (κ1) is 22.4. The second kappa shape index (κ2) is 9.38. The largest absolute Gasteiger partial charge is 0.324 e. The van der Waals surface area contributed by atoms with Crippen LogP contribution in [0.25, 0.3) is 11.3 Å². The van der Waals surface area contributed by atoms with Crippen LogP contribution in [0.4, 0.5) is 16.2 Å². The molecule has 0 atom stereocenters. The smallest absolute Gasteiger partial charge is 0.321 e. The number of amides is 2. The van der Waals surface area contributed by atoms with Gasteiger partial charge in [-0.1, -0.05) is 34.1 Å². The Labute approximate surface area is 198 Å². The van der Waals surface area contributed by atoms with Crippen molar-refractivity contribution in [3.63, 3.8) is 0 Å². The number of carbonyl (C=O) groups is 1. The summed E-state index contributed by atoms with van der Waals surface area (Å²) in [7, 11) is 0. The van der Waals surface area contributed by atoms with Gasteiger partial charge in [-0.15, -0.1) is 11.3 Å². The number of aromatic nitrogens is 1. The predicted molar refractivity (Wildman–Crippen MR) is 130 cm³/mol. The van der Waals surface area contributed by atoms with E-state index >= 15 is 0 Å². The van der Waals surface area contributed by atoms with Crippen LogP contribution >= 0.6 is 27.3 Å². The molecule has 0 radical (unpaired) electrons. The lowest BCUT2D eigenvalue weighted by atomic mass is 9.97. The number of anilines is 1. The highest BCUT2D eigenvalue weighted by molar-refractivity contribution is 9.10. The van der Waals surface area contributed by atoms with E-state index in [9.17, 15) is 14.9 Å². The molecule has 2 aromatic carbocycles. The minimum Gasteiger partial charge on any atom is -0.324 e. The molecule has 0 bridgehead atoms. The Bertz CT molecular complexity index is 1150. The quantitative estimate of drug-likeness (QED) is 0.317. The van der Waals surface area contributed by atoms with Gasteiger partial charge in [-0.05, 0) is 44.9 Å². The highest BCUT2D eigenvalue weighted by Gasteiger charge is 2.27. The zero-order valence-corrected chi connectivity index (χ0v) is 20.2. The third kappa shape index (κ3) is 4.68. The Morgan fingerprint density at radius 2 is 1.88 bits per heavy atom. The van der Waals surface area contributed by atoms with E-state index < -0.39 is 4.92 Å². The van der Waals surface area contributed by atoms with Crippen molar-refractivity contribution in [1.29, 1.82) is 0 Å². The third-order valence-electron chi connectivity index (χ3n) is 5.81. The van der Waals surface area contributed by atoms with Gasteiger partial charge in [-0.2, -0.15) is 0 Å². The molecule has 1 aliphatic rings. The van der Waals surface area contributed by atoms with Crippen molar-refractivity contribution in [3.8, 4) is 11.3 Å². The van der Waals surface area contributed by atoms with Gasteiger partial charge in [0.15, 0.2) is 0 Å². The zero-order valence-electron chi connectivity index (χ0n) is 17.8. The number of thiazole rings is 1. The van der Waals surface area contributed by atoms with Crippen LogP contribution in [0.15, 0.2) is 46.9 Å². The second-order valence-electron chi connectivity index (χ2n) is 7.86. The van der Waals surface area contributed by atoms with Gasteiger partial charge in [0.1, 0.15) is 0 Å². The first-order valence-corrected chi connectivity index (χ1v) is 12.0. The highest BCUT2D eigenvalue weighted by atomic mass is 79.9. The molecule has 1 aliphatic heterocycles. The minimum absolute atomic E-state index is 0.00206. The average molecular weight is 515 g/mol. The molecule has 0 spiro atoms. The molecule has 1 saturated heterocycles. The maximum absolute atomic E-state index is 12.7. The number of rotatable bonds is 4. The van der Waals surface area contributed by atoms with Crippen LogP contribution in [0.5, 0.6) is 0 Å². The molecular weight excluding hydrogens is 492 g/mol. The van der Waals surface area contributed by atoms with E-state index in [4.69, 9.17) is 4.98 Å².